The summed E-state index contributed by atoms with van der Waals surface area (Å²) in [5.74, 6) is 0.926. The molecule has 0 bridgehead atoms. The Hall–Kier alpha value is -2.79. The molecule has 0 saturated carbocycles. The van der Waals surface area contributed by atoms with Crippen LogP contribution in [0.4, 0.5) is 0 Å². The number of hydrogen-bond donors (Lipinski definition) is 2. The molecule has 0 spiro atoms. The lowest BCUT2D eigenvalue weighted by Crippen LogP contribution is -2.45. The minimum Gasteiger partial charge on any atom is -0.497 e. The number of H-pyrrole nitrogens is 1. The number of nitrogens with zero attached hydrogens (tertiary/aromatic N) is 1. The SMILES string of the molecule is COc1ccc2[nH]cc(CCN3CCC(NC(=O)c4ccccc4)CC3)c2c1. The van der Waals surface area contributed by atoms with Gasteiger partial charge in [0.15, 0.2) is 0 Å². The van der Waals surface area contributed by atoms with Gasteiger partial charge in [-0.3, -0.25) is 4.79 Å². The van der Waals surface area contributed by atoms with E-state index in [9.17, 15) is 4.79 Å². The summed E-state index contributed by atoms with van der Waals surface area (Å²) in [5.41, 5.74) is 3.21. The molecule has 1 fully saturated rings. The molecule has 0 aliphatic carbocycles. The molecule has 2 aromatic carbocycles. The van der Waals surface area contributed by atoms with Gasteiger partial charge in [0, 0.05) is 48.3 Å². The van der Waals surface area contributed by atoms with Crippen LogP contribution in [-0.2, 0) is 6.42 Å². The highest BCUT2D eigenvalue weighted by Gasteiger charge is 2.21. The number of fused-ring (bicyclic) bond motifs is 1. The number of nitrogens with one attached hydrogen (secondary N) is 2. The second-order valence-corrected chi connectivity index (χ2v) is 7.43. The van der Waals surface area contributed by atoms with Crippen LogP contribution < -0.4 is 10.1 Å². The molecule has 1 aromatic heterocycles. The van der Waals surface area contributed by atoms with Crippen molar-refractivity contribution < 1.29 is 9.53 Å². The zero-order valence-electron chi connectivity index (χ0n) is 16.3. The van der Waals surface area contributed by atoms with Crippen molar-refractivity contribution in [1.82, 2.24) is 15.2 Å². The van der Waals surface area contributed by atoms with E-state index >= 15 is 0 Å². The topological polar surface area (TPSA) is 57.4 Å². The van der Waals surface area contributed by atoms with Crippen molar-refractivity contribution in [2.24, 2.45) is 0 Å². The Balaban J connectivity index is 1.27. The van der Waals surface area contributed by atoms with E-state index in [1.807, 2.05) is 36.4 Å². The lowest BCUT2D eigenvalue weighted by molar-refractivity contribution is 0.0911. The Morgan fingerprint density at radius 3 is 2.71 bits per heavy atom. The molecule has 4 rings (SSSR count). The lowest BCUT2D eigenvalue weighted by Gasteiger charge is -2.32. The third kappa shape index (κ3) is 4.20. The van der Waals surface area contributed by atoms with Crippen LogP contribution in [-0.4, -0.2) is 48.6 Å². The summed E-state index contributed by atoms with van der Waals surface area (Å²) in [7, 11) is 1.70. The first-order valence-electron chi connectivity index (χ1n) is 9.95. The van der Waals surface area contributed by atoms with E-state index in [-0.39, 0.29) is 11.9 Å². The molecule has 5 nitrogen and oxygen atoms in total. The zero-order valence-corrected chi connectivity index (χ0v) is 16.3. The number of likely N-dealkylation sites (tertiary alicyclic amines) is 1. The maximum atomic E-state index is 12.3. The normalized spacial score (nSPS) is 15.6. The van der Waals surface area contributed by atoms with Crippen LogP contribution in [0.1, 0.15) is 28.8 Å². The Morgan fingerprint density at radius 2 is 1.96 bits per heavy atom. The van der Waals surface area contributed by atoms with E-state index < -0.39 is 0 Å². The largest absolute Gasteiger partial charge is 0.497 e. The smallest absolute Gasteiger partial charge is 0.251 e. The van der Waals surface area contributed by atoms with Gasteiger partial charge in [-0.2, -0.15) is 0 Å². The first kappa shape index (κ1) is 18.6. The number of amides is 1. The van der Waals surface area contributed by atoms with Crippen molar-refractivity contribution in [1.29, 1.82) is 0 Å². The maximum absolute atomic E-state index is 12.3. The number of aromatic amines is 1. The molecule has 0 radical (unpaired) electrons. The number of ether oxygens (including phenoxy) is 1. The maximum Gasteiger partial charge on any atom is 0.251 e. The summed E-state index contributed by atoms with van der Waals surface area (Å²) < 4.78 is 5.36. The molecule has 1 amide bonds. The number of piperidine rings is 1. The fourth-order valence-electron chi connectivity index (χ4n) is 3.93. The van der Waals surface area contributed by atoms with E-state index in [0.717, 1.165) is 55.7 Å². The van der Waals surface area contributed by atoms with E-state index in [2.05, 4.69) is 33.5 Å². The molecular formula is C23H27N3O2. The first-order valence-corrected chi connectivity index (χ1v) is 9.95. The molecule has 5 heteroatoms. The molecule has 0 atom stereocenters. The van der Waals surface area contributed by atoms with E-state index in [1.165, 1.54) is 10.9 Å². The van der Waals surface area contributed by atoms with Gasteiger partial charge in [-0.1, -0.05) is 18.2 Å². The molecular weight excluding hydrogens is 350 g/mol. The predicted molar refractivity (Wildman–Crippen MR) is 112 cm³/mol. The molecule has 1 aliphatic heterocycles. The van der Waals surface area contributed by atoms with Crippen molar-refractivity contribution in [3.05, 3.63) is 65.9 Å². The second kappa shape index (κ2) is 8.48. The summed E-state index contributed by atoms with van der Waals surface area (Å²) in [5, 5.41) is 4.42. The summed E-state index contributed by atoms with van der Waals surface area (Å²) in [4.78, 5) is 18.2. The molecule has 1 saturated heterocycles. The van der Waals surface area contributed by atoms with Crippen LogP contribution >= 0.6 is 0 Å². The number of methoxy groups -OCH3 is 1. The predicted octanol–water partition coefficient (Wildman–Crippen LogP) is 3.61. The van der Waals surface area contributed by atoms with E-state index in [1.54, 1.807) is 7.11 Å². The van der Waals surface area contributed by atoms with Crippen LogP contribution in [0.2, 0.25) is 0 Å². The van der Waals surface area contributed by atoms with Gasteiger partial charge in [0.2, 0.25) is 0 Å². The number of hydrogen-bond acceptors (Lipinski definition) is 3. The fraction of sp³-hybridized carbons (Fsp3) is 0.348. The van der Waals surface area contributed by atoms with Gasteiger partial charge in [-0.25, -0.2) is 0 Å². The molecule has 28 heavy (non-hydrogen) atoms. The third-order valence-electron chi connectivity index (χ3n) is 5.63. The van der Waals surface area contributed by atoms with Gasteiger partial charge in [-0.15, -0.1) is 0 Å². The number of carbonyl (C=O) groups excluding carboxylic acids is 1. The summed E-state index contributed by atoms with van der Waals surface area (Å²) in [6.07, 6.45) is 5.12. The molecule has 1 aliphatic rings. The van der Waals surface area contributed by atoms with Crippen LogP contribution in [0.5, 0.6) is 5.75 Å². The lowest BCUT2D eigenvalue weighted by atomic mass is 10.0. The van der Waals surface area contributed by atoms with Crippen molar-refractivity contribution >= 4 is 16.8 Å². The van der Waals surface area contributed by atoms with Crippen LogP contribution in [0.25, 0.3) is 10.9 Å². The third-order valence-corrected chi connectivity index (χ3v) is 5.63. The average molecular weight is 377 g/mol. The molecule has 3 aromatic rings. The van der Waals surface area contributed by atoms with Gasteiger partial charge in [0.05, 0.1) is 7.11 Å². The standard InChI is InChI=1S/C23H27N3O2/c1-28-20-7-8-22-21(15-20)18(16-24-22)9-12-26-13-10-19(11-14-26)25-23(27)17-5-3-2-4-6-17/h2-8,15-16,19,24H,9-14H2,1H3,(H,25,27). The van der Waals surface area contributed by atoms with Gasteiger partial charge >= 0.3 is 0 Å². The Labute approximate surface area is 165 Å². The monoisotopic (exact) mass is 377 g/mol. The Kier molecular flexibility index (Phi) is 5.63. The second-order valence-electron chi connectivity index (χ2n) is 7.43. The van der Waals surface area contributed by atoms with Crippen LogP contribution in [0.15, 0.2) is 54.7 Å². The number of aromatic nitrogens is 1. The highest BCUT2D eigenvalue weighted by molar-refractivity contribution is 5.94. The molecule has 2 N–H and O–H groups in total. The molecule has 146 valence electrons. The van der Waals surface area contributed by atoms with Crippen LogP contribution in [0, 0.1) is 0 Å². The first-order chi connectivity index (χ1) is 13.7. The van der Waals surface area contributed by atoms with E-state index in [4.69, 9.17) is 4.74 Å². The summed E-state index contributed by atoms with van der Waals surface area (Å²) in [6, 6.07) is 15.9. The van der Waals surface area contributed by atoms with Crippen molar-refractivity contribution in [3.63, 3.8) is 0 Å². The van der Waals surface area contributed by atoms with Gasteiger partial charge in [-0.05, 0) is 55.2 Å². The number of carbonyl (C=O) groups is 1. The van der Waals surface area contributed by atoms with Gasteiger partial charge in [0.1, 0.15) is 5.75 Å². The average Bonchev–Trinajstić information content (AvgIpc) is 3.16. The highest BCUT2D eigenvalue weighted by Crippen LogP contribution is 2.24. The fourth-order valence-corrected chi connectivity index (χ4v) is 3.93. The van der Waals surface area contributed by atoms with Crippen LogP contribution in [0.3, 0.4) is 0 Å². The quantitative estimate of drug-likeness (QED) is 0.690. The molecule has 2 heterocycles. The van der Waals surface area contributed by atoms with E-state index in [0.29, 0.717) is 0 Å². The molecule has 0 unspecified atom stereocenters. The minimum absolute atomic E-state index is 0.0341. The van der Waals surface area contributed by atoms with Crippen molar-refractivity contribution in [2.45, 2.75) is 25.3 Å². The zero-order chi connectivity index (χ0) is 19.3. The van der Waals surface area contributed by atoms with Crippen molar-refractivity contribution in [3.8, 4) is 5.75 Å². The Morgan fingerprint density at radius 1 is 1.18 bits per heavy atom. The summed E-state index contributed by atoms with van der Waals surface area (Å²) >= 11 is 0. The minimum atomic E-state index is 0.0341. The number of rotatable bonds is 6. The highest BCUT2D eigenvalue weighted by atomic mass is 16.5. The van der Waals surface area contributed by atoms with Gasteiger partial charge in [0.25, 0.3) is 5.91 Å². The Bertz CT molecular complexity index is 927. The van der Waals surface area contributed by atoms with Crippen molar-refractivity contribution in [2.75, 3.05) is 26.7 Å². The van der Waals surface area contributed by atoms with Gasteiger partial charge < -0.3 is 19.9 Å². The number of benzene rings is 2. The summed E-state index contributed by atoms with van der Waals surface area (Å²) in [6.45, 7) is 3.07.